The fourth-order valence-electron chi connectivity index (χ4n) is 0.934. The summed E-state index contributed by atoms with van der Waals surface area (Å²) in [5.41, 5.74) is 0.945. The summed E-state index contributed by atoms with van der Waals surface area (Å²) in [7, 11) is 0. The minimum atomic E-state index is 0.945. The second-order valence-electron chi connectivity index (χ2n) is 2.61. The second kappa shape index (κ2) is 4.67. The molecule has 0 atom stereocenters. The highest BCUT2D eigenvalue weighted by molar-refractivity contribution is 5.79. The normalized spacial score (nSPS) is 9.87. The average molecular weight is 197 g/mol. The predicted molar refractivity (Wildman–Crippen MR) is 55.0 cm³/mol. The van der Waals surface area contributed by atoms with Crippen LogP contribution in [-0.4, -0.2) is 26.5 Å². The van der Waals surface area contributed by atoms with Gasteiger partial charge in [0.15, 0.2) is 6.33 Å². The monoisotopic (exact) mass is 197 g/mol. The van der Waals surface area contributed by atoms with E-state index in [0.29, 0.717) is 0 Å². The average Bonchev–Trinajstić information content (AvgIpc) is 2.79. The molecule has 0 aliphatic rings. The lowest BCUT2D eigenvalue weighted by molar-refractivity contribution is 0.694. The first-order valence-electron chi connectivity index (χ1n) is 4.27. The van der Waals surface area contributed by atoms with Crippen LogP contribution in [-0.2, 0) is 0 Å². The van der Waals surface area contributed by atoms with Gasteiger partial charge in [0.05, 0.1) is 6.21 Å². The first-order chi connectivity index (χ1) is 7.45. The summed E-state index contributed by atoms with van der Waals surface area (Å²) in [6, 6.07) is 9.67. The van der Waals surface area contributed by atoms with Crippen molar-refractivity contribution in [2.24, 2.45) is 5.10 Å². The van der Waals surface area contributed by atoms with Gasteiger partial charge in [0, 0.05) is 5.56 Å². The van der Waals surface area contributed by atoms with E-state index >= 15 is 0 Å². The zero-order chi connectivity index (χ0) is 10.3. The van der Waals surface area contributed by atoms with Crippen LogP contribution in [0.25, 0.3) is 0 Å². The van der Waals surface area contributed by atoms with E-state index in [2.05, 4.69) is 32.5 Å². The van der Waals surface area contributed by atoms with Gasteiger partial charge in [-0.05, 0) is 28.5 Å². The van der Waals surface area contributed by atoms with Gasteiger partial charge >= 0.3 is 0 Å². The molecule has 15 heavy (non-hydrogen) atoms. The highest BCUT2D eigenvalue weighted by Crippen LogP contribution is 1.93. The number of hydrogen-bond donors (Lipinski definition) is 0. The maximum atomic E-state index is 3.86. The molecule has 0 spiro atoms. The molecule has 0 saturated carbocycles. The van der Waals surface area contributed by atoms with Gasteiger partial charge in [0.1, 0.15) is 0 Å². The Morgan fingerprint density at radius 2 is 2.13 bits per heavy atom. The highest BCUT2D eigenvalue weighted by atomic mass is 15.6. The van der Waals surface area contributed by atoms with Crippen LogP contribution in [0.2, 0.25) is 0 Å². The van der Waals surface area contributed by atoms with E-state index in [1.54, 1.807) is 0 Å². The molecule has 0 N–H and O–H groups in total. The summed E-state index contributed by atoms with van der Waals surface area (Å²) < 4.78 is 0. The summed E-state index contributed by atoms with van der Waals surface area (Å²) in [6.07, 6.45) is 2.84. The van der Waals surface area contributed by atoms with Gasteiger partial charge < -0.3 is 0 Å². The maximum absolute atomic E-state index is 3.86. The van der Waals surface area contributed by atoms with Crippen molar-refractivity contribution in [3.63, 3.8) is 0 Å². The van der Waals surface area contributed by atoms with Gasteiger partial charge in [-0.2, -0.15) is 0 Å². The number of hydrogen-bond acceptors (Lipinski definition) is 4. The summed E-state index contributed by atoms with van der Waals surface area (Å²) in [6.45, 7) is 0. The topological polar surface area (TPSA) is 56.0 Å². The lowest BCUT2D eigenvalue weighted by atomic mass is 10.2. The largest absolute Gasteiger partial charge is 0.164 e. The van der Waals surface area contributed by atoms with Crippen LogP contribution in [0, 0.1) is 11.8 Å². The molecule has 0 fully saturated rings. The fourth-order valence-corrected chi connectivity index (χ4v) is 0.934. The minimum absolute atomic E-state index is 0.945. The molecule has 0 radical (unpaired) electrons. The van der Waals surface area contributed by atoms with Crippen molar-refractivity contribution in [2.45, 2.75) is 0 Å². The van der Waals surface area contributed by atoms with Crippen molar-refractivity contribution < 1.29 is 0 Å². The van der Waals surface area contributed by atoms with E-state index in [1.807, 2.05) is 30.3 Å². The van der Waals surface area contributed by atoms with E-state index in [4.69, 9.17) is 0 Å². The molecule has 1 heterocycles. The fraction of sp³-hybridized carbons (Fsp3) is 0. The van der Waals surface area contributed by atoms with Crippen LogP contribution in [0.3, 0.4) is 0 Å². The van der Waals surface area contributed by atoms with Crippen LogP contribution in [0.5, 0.6) is 0 Å². The number of benzene rings is 1. The van der Waals surface area contributed by atoms with Gasteiger partial charge in [0.25, 0.3) is 0 Å². The molecule has 5 heteroatoms. The van der Waals surface area contributed by atoms with E-state index in [1.165, 1.54) is 17.3 Å². The quantitative estimate of drug-likeness (QED) is 0.495. The van der Waals surface area contributed by atoms with E-state index in [0.717, 1.165) is 5.56 Å². The predicted octanol–water partition coefficient (Wildman–Crippen LogP) is 0.559. The lowest BCUT2D eigenvalue weighted by Crippen LogP contribution is -1.88. The number of aromatic nitrogens is 4. The third-order valence-corrected chi connectivity index (χ3v) is 1.57. The Kier molecular flexibility index (Phi) is 2.83. The third-order valence-electron chi connectivity index (χ3n) is 1.57. The van der Waals surface area contributed by atoms with Crippen LogP contribution in [0.15, 0.2) is 41.8 Å². The Morgan fingerprint density at radius 1 is 1.27 bits per heavy atom. The lowest BCUT2D eigenvalue weighted by Gasteiger charge is -1.84. The van der Waals surface area contributed by atoms with Gasteiger partial charge in [-0.3, -0.25) is 0 Å². The zero-order valence-corrected chi connectivity index (χ0v) is 7.78. The highest BCUT2D eigenvalue weighted by Gasteiger charge is 1.82. The van der Waals surface area contributed by atoms with E-state index in [9.17, 15) is 0 Å². The maximum Gasteiger partial charge on any atom is 0.164 e. The number of nitrogens with zero attached hydrogens (tertiary/aromatic N) is 5. The molecule has 72 valence electrons. The molecular formula is C10H7N5. The van der Waals surface area contributed by atoms with Gasteiger partial charge in [-0.15, -0.1) is 15.0 Å². The Balaban J connectivity index is 2.02. The molecule has 0 bridgehead atoms. The van der Waals surface area contributed by atoms with Crippen molar-refractivity contribution >= 4 is 6.21 Å². The van der Waals surface area contributed by atoms with Gasteiger partial charge in [-0.1, -0.05) is 24.1 Å². The number of tetrazole rings is 1. The molecule has 2 rings (SSSR count). The SMILES string of the molecule is C(#Cc1ccccc1)/C=N/n1cnnn1. The van der Waals surface area contributed by atoms with Gasteiger partial charge in [-0.25, -0.2) is 0 Å². The van der Waals surface area contributed by atoms with Crippen LogP contribution in [0.1, 0.15) is 5.56 Å². The summed E-state index contributed by atoms with van der Waals surface area (Å²) >= 11 is 0. The standard InChI is InChI=1S/C10H7N5/c1-2-5-10(6-3-1)7-4-8-12-15-9-11-13-14-15/h1-3,5-6,8-9H/b12-8+. The molecule has 0 amide bonds. The van der Waals surface area contributed by atoms with Crippen LogP contribution >= 0.6 is 0 Å². The summed E-state index contributed by atoms with van der Waals surface area (Å²) in [4.78, 5) is 1.24. The van der Waals surface area contributed by atoms with Crippen LogP contribution in [0.4, 0.5) is 0 Å². The minimum Gasteiger partial charge on any atom is -0.147 e. The van der Waals surface area contributed by atoms with Crippen molar-refractivity contribution in [3.05, 3.63) is 42.2 Å². The summed E-state index contributed by atoms with van der Waals surface area (Å²) in [5.74, 6) is 5.71. The molecule has 5 nitrogen and oxygen atoms in total. The van der Waals surface area contributed by atoms with E-state index in [-0.39, 0.29) is 0 Å². The zero-order valence-electron chi connectivity index (χ0n) is 7.78. The molecule has 0 unspecified atom stereocenters. The van der Waals surface area contributed by atoms with Crippen molar-refractivity contribution in [1.29, 1.82) is 0 Å². The molecule has 0 aliphatic heterocycles. The molecule has 0 aliphatic carbocycles. The van der Waals surface area contributed by atoms with Crippen molar-refractivity contribution in [3.8, 4) is 11.8 Å². The molecule has 1 aromatic heterocycles. The molecule has 0 saturated heterocycles. The Morgan fingerprint density at radius 3 is 2.87 bits per heavy atom. The number of rotatable bonds is 1. The summed E-state index contributed by atoms with van der Waals surface area (Å²) in [5, 5.41) is 14.3. The molecule has 2 aromatic rings. The molecule has 1 aromatic carbocycles. The Hall–Kier alpha value is -2.48. The van der Waals surface area contributed by atoms with Crippen molar-refractivity contribution in [1.82, 2.24) is 20.3 Å². The Labute approximate surface area is 86.4 Å². The third kappa shape index (κ3) is 2.74. The Bertz CT molecular complexity index is 490. The second-order valence-corrected chi connectivity index (χ2v) is 2.61. The first-order valence-corrected chi connectivity index (χ1v) is 4.27. The van der Waals surface area contributed by atoms with Crippen LogP contribution < -0.4 is 0 Å². The van der Waals surface area contributed by atoms with E-state index < -0.39 is 0 Å². The van der Waals surface area contributed by atoms with Crippen molar-refractivity contribution in [2.75, 3.05) is 0 Å². The smallest absolute Gasteiger partial charge is 0.147 e. The first kappa shape index (κ1) is 9.09. The van der Waals surface area contributed by atoms with Gasteiger partial charge in [0.2, 0.25) is 0 Å². The molecular weight excluding hydrogens is 190 g/mol.